The average Bonchev–Trinajstić information content (AvgIpc) is 3.86. The van der Waals surface area contributed by atoms with Gasteiger partial charge in [-0.2, -0.15) is 0 Å². The van der Waals surface area contributed by atoms with E-state index in [9.17, 15) is 0 Å². The topological polar surface area (TPSA) is 28.3 Å². The van der Waals surface area contributed by atoms with Crippen molar-refractivity contribution in [2.75, 3.05) is 0 Å². The monoisotopic (exact) mass is 1200 g/mol. The van der Waals surface area contributed by atoms with Crippen LogP contribution in [0.15, 0.2) is 200 Å². The lowest BCUT2D eigenvalue weighted by Crippen LogP contribution is -2.41. The standard InChI is InChI=1S/C24H24BNO2.C24H15Br2N.C6H3Br2I/c1-23(2)24(3,4)28-25(27-23)17-14-15-20-19-12-8-9-13-21(19)26(22(20)16-17)18-10-6-5-7-11-18;25-18-12-17(13-19(26)15-18)16-10-11-22-21-8-4-5-9-23(21)27(24(22)14-16)20-6-2-1-3-7-20;7-4-1-5(8)3-6(9)2-4/h5-16H,1-4H3;1-15H;1-3H. The van der Waals surface area contributed by atoms with E-state index in [2.05, 4.69) is 293 Å². The summed E-state index contributed by atoms with van der Waals surface area (Å²) in [5.41, 5.74) is 9.88. The number of benzene rings is 8. The maximum absolute atomic E-state index is 6.29. The second-order valence-corrected chi connectivity index (χ2v) is 21.6. The molecule has 10 heteroatoms. The Balaban J connectivity index is 0.000000136. The molecule has 8 aromatic carbocycles. The van der Waals surface area contributed by atoms with Gasteiger partial charge in [0.1, 0.15) is 0 Å². The first-order valence-electron chi connectivity index (χ1n) is 20.9. The fraction of sp³-hybridized carbons (Fsp3) is 0.111. The van der Waals surface area contributed by atoms with Crippen LogP contribution in [0.3, 0.4) is 0 Å². The molecule has 0 amide bonds. The highest BCUT2D eigenvalue weighted by molar-refractivity contribution is 14.1. The maximum atomic E-state index is 6.29. The minimum atomic E-state index is -0.364. The number of para-hydroxylation sites is 4. The zero-order valence-electron chi connectivity index (χ0n) is 35.5. The SMILES string of the molecule is Brc1cc(Br)cc(-c2ccc3c4ccccc4n(-c4ccccc4)c3c2)c1.Brc1cc(Br)cc(I)c1.CC1(C)OB(c2ccc3c4ccccc4n(-c4ccccc4)c3c2)OC1(C)C. The third kappa shape index (κ3) is 9.21. The van der Waals surface area contributed by atoms with Crippen molar-refractivity contribution >= 4 is 143 Å². The minimum Gasteiger partial charge on any atom is -0.399 e. The first kappa shape index (κ1) is 45.2. The van der Waals surface area contributed by atoms with Gasteiger partial charge >= 0.3 is 7.12 Å². The van der Waals surface area contributed by atoms with Crippen LogP contribution in [0.2, 0.25) is 0 Å². The van der Waals surface area contributed by atoms with Gasteiger partial charge in [0.15, 0.2) is 0 Å². The van der Waals surface area contributed by atoms with E-state index in [-0.39, 0.29) is 18.3 Å². The van der Waals surface area contributed by atoms with Crippen LogP contribution < -0.4 is 5.46 Å². The van der Waals surface area contributed by atoms with Crippen molar-refractivity contribution in [3.63, 3.8) is 0 Å². The van der Waals surface area contributed by atoms with Gasteiger partial charge in [-0.15, -0.1) is 0 Å². The normalized spacial score (nSPS) is 14.1. The molecule has 0 spiro atoms. The van der Waals surface area contributed by atoms with Crippen molar-refractivity contribution in [2.45, 2.75) is 38.9 Å². The van der Waals surface area contributed by atoms with Crippen LogP contribution in [0.4, 0.5) is 0 Å². The van der Waals surface area contributed by atoms with E-state index in [1.54, 1.807) is 0 Å². The molecule has 318 valence electrons. The van der Waals surface area contributed by atoms with Crippen LogP contribution >= 0.6 is 86.3 Å². The molecule has 1 fully saturated rings. The third-order valence-corrected chi connectivity index (χ3v) is 14.4. The van der Waals surface area contributed by atoms with Gasteiger partial charge in [0, 0.05) is 54.4 Å². The Kier molecular flexibility index (Phi) is 13.2. The molecule has 1 aliphatic rings. The van der Waals surface area contributed by atoms with Gasteiger partial charge in [0.2, 0.25) is 0 Å². The number of fused-ring (bicyclic) bond motifs is 6. The summed E-state index contributed by atoms with van der Waals surface area (Å²) in [6.07, 6.45) is 0. The molecule has 4 nitrogen and oxygen atoms in total. The van der Waals surface area contributed by atoms with Gasteiger partial charge in [-0.25, -0.2) is 0 Å². The van der Waals surface area contributed by atoms with Crippen LogP contribution in [0.25, 0.3) is 66.1 Å². The van der Waals surface area contributed by atoms with Gasteiger partial charge < -0.3 is 18.4 Å². The molecule has 3 heterocycles. The van der Waals surface area contributed by atoms with Crippen molar-refractivity contribution in [3.8, 4) is 22.5 Å². The fourth-order valence-electron chi connectivity index (χ4n) is 8.21. The molecule has 0 bridgehead atoms. The lowest BCUT2D eigenvalue weighted by atomic mass is 9.79. The van der Waals surface area contributed by atoms with Gasteiger partial charge in [-0.05, 0) is 152 Å². The Morgan fingerprint density at radius 3 is 1.30 bits per heavy atom. The third-order valence-electron chi connectivity index (χ3n) is 11.9. The molecule has 0 N–H and O–H groups in total. The largest absolute Gasteiger partial charge is 0.494 e. The van der Waals surface area contributed by atoms with Crippen molar-refractivity contribution in [3.05, 3.63) is 203 Å². The second kappa shape index (κ2) is 18.7. The van der Waals surface area contributed by atoms with Crippen LogP contribution in [0.1, 0.15) is 27.7 Å². The van der Waals surface area contributed by atoms with Crippen molar-refractivity contribution in [1.29, 1.82) is 0 Å². The summed E-state index contributed by atoms with van der Waals surface area (Å²) in [5.74, 6) is 0. The molecule has 2 aromatic heterocycles. The van der Waals surface area contributed by atoms with E-state index < -0.39 is 0 Å². The van der Waals surface area contributed by atoms with E-state index in [0.29, 0.717) is 0 Å². The summed E-state index contributed by atoms with van der Waals surface area (Å²) >= 11 is 16.2. The molecule has 0 atom stereocenters. The highest BCUT2D eigenvalue weighted by Gasteiger charge is 2.51. The Morgan fingerprint density at radius 1 is 0.406 bits per heavy atom. The number of rotatable bonds is 4. The molecule has 0 saturated carbocycles. The number of hydrogen-bond donors (Lipinski definition) is 0. The van der Waals surface area contributed by atoms with Crippen molar-refractivity contribution in [2.24, 2.45) is 0 Å². The molecule has 0 unspecified atom stereocenters. The number of halogens is 5. The van der Waals surface area contributed by atoms with Crippen LogP contribution in [0.5, 0.6) is 0 Å². The molecule has 11 rings (SSSR count). The van der Waals surface area contributed by atoms with Gasteiger partial charge in [-0.3, -0.25) is 0 Å². The van der Waals surface area contributed by atoms with E-state index in [4.69, 9.17) is 9.31 Å². The first-order chi connectivity index (χ1) is 30.8. The Labute approximate surface area is 421 Å². The highest BCUT2D eigenvalue weighted by atomic mass is 127. The predicted octanol–water partition coefficient (Wildman–Crippen LogP) is 16.9. The summed E-state index contributed by atoms with van der Waals surface area (Å²) < 4.78 is 22.8. The molecule has 10 aromatic rings. The summed E-state index contributed by atoms with van der Waals surface area (Å²) in [4.78, 5) is 0. The molecule has 0 aliphatic carbocycles. The van der Waals surface area contributed by atoms with Crippen molar-refractivity contribution in [1.82, 2.24) is 9.13 Å². The summed E-state index contributed by atoms with van der Waals surface area (Å²) in [5, 5.41) is 5.03. The van der Waals surface area contributed by atoms with Gasteiger partial charge in [-0.1, -0.05) is 161 Å². The fourth-order valence-corrected chi connectivity index (χ4v) is 12.3. The lowest BCUT2D eigenvalue weighted by Gasteiger charge is -2.32. The smallest absolute Gasteiger partial charge is 0.399 e. The Hall–Kier alpha value is -4.01. The quantitative estimate of drug-likeness (QED) is 0.130. The first-order valence-corrected chi connectivity index (χ1v) is 25.1. The van der Waals surface area contributed by atoms with E-state index >= 15 is 0 Å². The number of aromatic nitrogens is 2. The highest BCUT2D eigenvalue weighted by Crippen LogP contribution is 2.39. The molecular weight excluding hydrogens is 1170 g/mol. The van der Waals surface area contributed by atoms with Crippen LogP contribution in [-0.4, -0.2) is 27.5 Å². The number of nitrogens with zero attached hydrogens (tertiary/aromatic N) is 2. The van der Waals surface area contributed by atoms with E-state index in [1.807, 2.05) is 12.1 Å². The number of hydrogen-bond acceptors (Lipinski definition) is 2. The summed E-state index contributed by atoms with van der Waals surface area (Å²) in [6, 6.07) is 64.0. The van der Waals surface area contributed by atoms with E-state index in [0.717, 1.165) is 29.0 Å². The van der Waals surface area contributed by atoms with Crippen LogP contribution in [0, 0.1) is 3.57 Å². The second-order valence-electron chi connectivity index (χ2n) is 16.7. The maximum Gasteiger partial charge on any atom is 0.494 e. The van der Waals surface area contributed by atoms with Crippen LogP contribution in [-0.2, 0) is 9.31 Å². The van der Waals surface area contributed by atoms with Gasteiger partial charge in [0.25, 0.3) is 0 Å². The Morgan fingerprint density at radius 2 is 0.812 bits per heavy atom. The van der Waals surface area contributed by atoms with E-state index in [1.165, 1.54) is 64.0 Å². The molecule has 1 saturated heterocycles. The molecule has 64 heavy (non-hydrogen) atoms. The Bertz CT molecular complexity index is 3230. The molecular formula is C54H42BBr4IN2O2. The lowest BCUT2D eigenvalue weighted by molar-refractivity contribution is 0.00578. The van der Waals surface area contributed by atoms with Gasteiger partial charge in [0.05, 0.1) is 33.3 Å². The zero-order chi connectivity index (χ0) is 44.8. The summed E-state index contributed by atoms with van der Waals surface area (Å²) in [7, 11) is -0.364. The average molecular weight is 1210 g/mol. The zero-order valence-corrected chi connectivity index (χ0v) is 44.0. The molecule has 0 radical (unpaired) electrons. The summed E-state index contributed by atoms with van der Waals surface area (Å²) in [6.45, 7) is 8.36. The van der Waals surface area contributed by atoms with Crippen molar-refractivity contribution < 1.29 is 9.31 Å². The minimum absolute atomic E-state index is 0.348. The predicted molar refractivity (Wildman–Crippen MR) is 293 cm³/mol. The molecule has 1 aliphatic heterocycles.